The van der Waals surface area contributed by atoms with Crippen LogP contribution in [0.5, 0.6) is 0 Å². The van der Waals surface area contributed by atoms with Crippen molar-refractivity contribution in [2.75, 3.05) is 5.32 Å². The van der Waals surface area contributed by atoms with Gasteiger partial charge in [0.2, 0.25) is 5.91 Å². The number of aromatic nitrogens is 4. The summed E-state index contributed by atoms with van der Waals surface area (Å²) in [5.41, 5.74) is 5.16. The lowest BCUT2D eigenvalue weighted by molar-refractivity contribution is -0.115. The Morgan fingerprint density at radius 3 is 2.41 bits per heavy atom. The van der Waals surface area contributed by atoms with Gasteiger partial charge in [0.15, 0.2) is 0 Å². The lowest BCUT2D eigenvalue weighted by Crippen LogP contribution is -2.16. The van der Waals surface area contributed by atoms with E-state index in [-0.39, 0.29) is 12.3 Å². The summed E-state index contributed by atoms with van der Waals surface area (Å²) in [5.74, 6) is -0.115. The maximum absolute atomic E-state index is 13.1. The van der Waals surface area contributed by atoms with Gasteiger partial charge in [0.1, 0.15) is 0 Å². The van der Waals surface area contributed by atoms with E-state index in [4.69, 9.17) is 16.7 Å². The molecule has 0 unspecified atom stereocenters. The quantitative estimate of drug-likeness (QED) is 0.338. The van der Waals surface area contributed by atoms with E-state index < -0.39 is 0 Å². The monoisotopic (exact) mass is 467 g/mol. The van der Waals surface area contributed by atoms with Crippen LogP contribution in [0.1, 0.15) is 11.1 Å². The second-order valence-corrected chi connectivity index (χ2v) is 8.31. The van der Waals surface area contributed by atoms with Gasteiger partial charge in [-0.3, -0.25) is 9.48 Å². The predicted octanol–water partition coefficient (Wildman–Crippen LogP) is 5.62. The first-order chi connectivity index (χ1) is 16.7. The van der Waals surface area contributed by atoms with Gasteiger partial charge < -0.3 is 5.32 Å². The lowest BCUT2D eigenvalue weighted by Gasteiger charge is -2.11. The average molecular weight is 468 g/mol. The fourth-order valence-electron chi connectivity index (χ4n) is 3.82. The topological polar surface area (TPSA) is 64.7 Å². The Kier molecular flexibility index (Phi) is 6.23. The van der Waals surface area contributed by atoms with Crippen molar-refractivity contribution in [1.29, 1.82) is 0 Å². The van der Waals surface area contributed by atoms with Gasteiger partial charge in [0.25, 0.3) is 0 Å². The molecule has 0 aliphatic heterocycles. The third-order valence-electron chi connectivity index (χ3n) is 5.46. The number of hydrogen-bond acceptors (Lipinski definition) is 3. The highest BCUT2D eigenvalue weighted by Gasteiger charge is 2.16. The molecule has 3 aromatic carbocycles. The molecule has 2 aromatic heterocycles. The number of benzene rings is 3. The largest absolute Gasteiger partial charge is 0.325 e. The molecule has 1 amide bonds. The van der Waals surface area contributed by atoms with Gasteiger partial charge in [-0.15, -0.1) is 0 Å². The van der Waals surface area contributed by atoms with Crippen LogP contribution in [0.25, 0.3) is 16.9 Å². The van der Waals surface area contributed by atoms with E-state index in [0.29, 0.717) is 11.6 Å². The van der Waals surface area contributed by atoms with Gasteiger partial charge >= 0.3 is 0 Å². The molecule has 7 heteroatoms. The minimum Gasteiger partial charge on any atom is -0.325 e. The Morgan fingerprint density at radius 1 is 0.882 bits per heavy atom. The molecule has 168 valence electrons. The van der Waals surface area contributed by atoms with Gasteiger partial charge in [-0.1, -0.05) is 60.1 Å². The molecular weight excluding hydrogens is 446 g/mol. The zero-order valence-electron chi connectivity index (χ0n) is 18.3. The Bertz CT molecular complexity index is 1390. The number of nitrogens with one attached hydrogen (secondary N) is 1. The molecule has 34 heavy (non-hydrogen) atoms. The van der Waals surface area contributed by atoms with Crippen molar-refractivity contribution in [1.82, 2.24) is 19.6 Å². The third kappa shape index (κ3) is 4.92. The van der Waals surface area contributed by atoms with Gasteiger partial charge in [-0.05, 0) is 42.0 Å². The Morgan fingerprint density at radius 2 is 1.65 bits per heavy atom. The van der Waals surface area contributed by atoms with Gasteiger partial charge in [-0.25, -0.2) is 4.68 Å². The second-order valence-electron chi connectivity index (χ2n) is 7.88. The molecule has 0 radical (unpaired) electrons. The van der Waals surface area contributed by atoms with Crippen LogP contribution in [0.3, 0.4) is 0 Å². The summed E-state index contributed by atoms with van der Waals surface area (Å²) in [6.07, 6.45) is 5.73. The predicted molar refractivity (Wildman–Crippen MR) is 134 cm³/mol. The van der Waals surface area contributed by atoms with Crippen LogP contribution in [0.15, 0.2) is 104 Å². The molecule has 0 saturated carbocycles. The minimum atomic E-state index is -0.115. The summed E-state index contributed by atoms with van der Waals surface area (Å²) >= 11 is 6.08. The number of carbonyl (C=O) groups is 1. The van der Waals surface area contributed by atoms with Gasteiger partial charge in [-0.2, -0.15) is 10.2 Å². The molecule has 0 spiro atoms. The summed E-state index contributed by atoms with van der Waals surface area (Å²) in [5, 5.41) is 12.8. The minimum absolute atomic E-state index is 0.115. The van der Waals surface area contributed by atoms with Crippen molar-refractivity contribution in [2.24, 2.45) is 0 Å². The summed E-state index contributed by atoms with van der Waals surface area (Å²) in [7, 11) is 0. The smallest absolute Gasteiger partial charge is 0.228 e. The molecule has 0 fully saturated rings. The van der Waals surface area contributed by atoms with Crippen LogP contribution in [0, 0.1) is 0 Å². The fraction of sp³-hybridized carbons (Fsp3) is 0.0741. The van der Waals surface area contributed by atoms with E-state index >= 15 is 0 Å². The lowest BCUT2D eigenvalue weighted by atomic mass is 10.1. The van der Waals surface area contributed by atoms with Crippen LogP contribution < -0.4 is 5.32 Å². The summed E-state index contributed by atoms with van der Waals surface area (Å²) in [6, 6.07) is 27.0. The Balaban J connectivity index is 1.42. The number of para-hydroxylation sites is 2. The Hall–Kier alpha value is -4.16. The van der Waals surface area contributed by atoms with Crippen molar-refractivity contribution in [3.8, 4) is 16.9 Å². The van der Waals surface area contributed by atoms with E-state index in [1.54, 1.807) is 10.9 Å². The van der Waals surface area contributed by atoms with Crippen LogP contribution in [0.2, 0.25) is 5.02 Å². The van der Waals surface area contributed by atoms with Crippen LogP contribution in [-0.4, -0.2) is 25.5 Å². The highest BCUT2D eigenvalue weighted by atomic mass is 35.5. The van der Waals surface area contributed by atoms with Crippen molar-refractivity contribution in [2.45, 2.75) is 13.0 Å². The molecule has 2 heterocycles. The summed E-state index contributed by atoms with van der Waals surface area (Å²) in [6.45, 7) is 0.575. The number of rotatable bonds is 7. The zero-order valence-corrected chi connectivity index (χ0v) is 19.1. The first kappa shape index (κ1) is 21.7. The number of carbonyl (C=O) groups excluding carboxylic acids is 1. The zero-order chi connectivity index (χ0) is 23.3. The fourth-order valence-corrected chi connectivity index (χ4v) is 3.94. The summed E-state index contributed by atoms with van der Waals surface area (Å²) in [4.78, 5) is 13.1. The van der Waals surface area contributed by atoms with Crippen molar-refractivity contribution >= 4 is 23.2 Å². The van der Waals surface area contributed by atoms with E-state index in [9.17, 15) is 4.79 Å². The van der Waals surface area contributed by atoms with E-state index in [0.717, 1.165) is 33.8 Å². The van der Waals surface area contributed by atoms with Gasteiger partial charge in [0.05, 0.1) is 24.3 Å². The standard InChI is InChI=1S/C27H22ClN5O/c28-23-13-11-20(12-14-23)27-22(19-33(31-27)24-8-2-1-3-9-24)17-26(34)30-25-10-5-4-7-21(25)18-32-16-6-15-29-32/h1-16,19H,17-18H2,(H,30,34). The number of hydrogen-bond donors (Lipinski definition) is 1. The van der Waals surface area contributed by atoms with Crippen molar-refractivity contribution in [3.63, 3.8) is 0 Å². The highest BCUT2D eigenvalue weighted by molar-refractivity contribution is 6.30. The molecule has 5 aromatic rings. The SMILES string of the molecule is O=C(Cc1cn(-c2ccccc2)nc1-c1ccc(Cl)cc1)Nc1ccccc1Cn1cccn1. The van der Waals surface area contributed by atoms with Crippen LogP contribution >= 0.6 is 11.6 Å². The van der Waals surface area contributed by atoms with Crippen molar-refractivity contribution < 1.29 is 4.79 Å². The number of halogens is 1. The van der Waals surface area contributed by atoms with Crippen LogP contribution in [0.4, 0.5) is 5.69 Å². The van der Waals surface area contributed by atoms with Crippen LogP contribution in [-0.2, 0) is 17.8 Å². The highest BCUT2D eigenvalue weighted by Crippen LogP contribution is 2.26. The molecule has 6 nitrogen and oxygen atoms in total. The average Bonchev–Trinajstić information content (AvgIpc) is 3.52. The number of nitrogens with zero attached hydrogens (tertiary/aromatic N) is 4. The normalized spacial score (nSPS) is 10.9. The summed E-state index contributed by atoms with van der Waals surface area (Å²) < 4.78 is 3.63. The molecule has 0 aliphatic carbocycles. The second kappa shape index (κ2) is 9.77. The molecule has 0 atom stereocenters. The van der Waals surface area contributed by atoms with E-state index in [2.05, 4.69) is 10.4 Å². The van der Waals surface area contributed by atoms with Gasteiger partial charge in [0, 0.05) is 40.4 Å². The molecule has 0 saturated heterocycles. The maximum Gasteiger partial charge on any atom is 0.228 e. The van der Waals surface area contributed by atoms with E-state index in [1.807, 2.05) is 102 Å². The first-order valence-corrected chi connectivity index (χ1v) is 11.3. The third-order valence-corrected chi connectivity index (χ3v) is 5.71. The molecule has 5 rings (SSSR count). The Labute approximate surface area is 202 Å². The number of amides is 1. The molecule has 1 N–H and O–H groups in total. The first-order valence-electron chi connectivity index (χ1n) is 10.9. The molecular formula is C27H22ClN5O. The molecule has 0 bridgehead atoms. The van der Waals surface area contributed by atoms with E-state index in [1.165, 1.54) is 0 Å². The van der Waals surface area contributed by atoms with Crippen molar-refractivity contribution in [3.05, 3.63) is 120 Å². The molecule has 0 aliphatic rings. The number of anilines is 1. The maximum atomic E-state index is 13.1.